The van der Waals surface area contributed by atoms with E-state index in [1.165, 1.54) is 12.1 Å². The smallest absolute Gasteiger partial charge is 0.330 e. The third kappa shape index (κ3) is 2.74. The highest BCUT2D eigenvalue weighted by molar-refractivity contribution is 5.81. The molecule has 0 aromatic heterocycles. The Bertz CT molecular complexity index is 384. The number of aromatic hydroxyl groups is 2. The lowest BCUT2D eigenvalue weighted by Gasteiger charge is -2.12. The number of phenolic OH excluding ortho intramolecular Hbond substituents is 2. The molecule has 1 rings (SSSR count). The number of hydrogen-bond donors (Lipinski definition) is 2. The molecule has 4 nitrogen and oxygen atoms in total. The van der Waals surface area contributed by atoms with Crippen molar-refractivity contribution in [1.29, 1.82) is 0 Å². The second kappa shape index (κ2) is 4.50. The van der Waals surface area contributed by atoms with Gasteiger partial charge in [0.2, 0.25) is 0 Å². The van der Waals surface area contributed by atoms with Gasteiger partial charge in [-0.15, -0.1) is 0 Å². The first-order valence-electron chi connectivity index (χ1n) is 4.39. The number of benzene rings is 1. The van der Waals surface area contributed by atoms with Crippen LogP contribution in [0.1, 0.15) is 18.6 Å². The van der Waals surface area contributed by atoms with Crippen LogP contribution in [-0.2, 0) is 9.53 Å². The second-order valence-electron chi connectivity index (χ2n) is 3.03. The van der Waals surface area contributed by atoms with Gasteiger partial charge < -0.3 is 14.9 Å². The monoisotopic (exact) mass is 208 g/mol. The van der Waals surface area contributed by atoms with E-state index in [9.17, 15) is 9.90 Å². The summed E-state index contributed by atoms with van der Waals surface area (Å²) in [5.74, 6) is -0.981. The molecule has 0 aliphatic heterocycles. The molecule has 1 unspecified atom stereocenters. The van der Waals surface area contributed by atoms with Crippen LogP contribution >= 0.6 is 0 Å². The van der Waals surface area contributed by atoms with Crippen molar-refractivity contribution in [3.8, 4) is 11.5 Å². The van der Waals surface area contributed by atoms with Crippen molar-refractivity contribution in [2.45, 2.75) is 13.0 Å². The first kappa shape index (κ1) is 11.1. The van der Waals surface area contributed by atoms with Crippen LogP contribution in [0, 0.1) is 0 Å². The van der Waals surface area contributed by atoms with Gasteiger partial charge in [0, 0.05) is 6.08 Å². The lowest BCUT2D eigenvalue weighted by atomic mass is 10.1. The van der Waals surface area contributed by atoms with E-state index in [0.29, 0.717) is 5.56 Å². The standard InChI is InChI=1S/C11H12O4/c1-3-11(14)15-7(2)8-4-5-9(12)10(13)6-8/h3-7,12-13H,1H2,2H3. The molecule has 0 radical (unpaired) electrons. The zero-order chi connectivity index (χ0) is 11.4. The molecule has 0 spiro atoms. The minimum absolute atomic E-state index is 0.207. The highest BCUT2D eigenvalue weighted by atomic mass is 16.5. The Morgan fingerprint density at radius 3 is 2.67 bits per heavy atom. The average Bonchev–Trinajstić information content (AvgIpc) is 2.21. The summed E-state index contributed by atoms with van der Waals surface area (Å²) < 4.78 is 4.93. The maximum atomic E-state index is 10.9. The molecule has 0 saturated heterocycles. The first-order chi connectivity index (χ1) is 7.04. The molecule has 0 heterocycles. The number of ether oxygens (including phenoxy) is 1. The van der Waals surface area contributed by atoms with Gasteiger partial charge in [0.1, 0.15) is 6.10 Å². The lowest BCUT2D eigenvalue weighted by molar-refractivity contribution is -0.142. The average molecular weight is 208 g/mol. The summed E-state index contributed by atoms with van der Waals surface area (Å²) in [4.78, 5) is 10.9. The van der Waals surface area contributed by atoms with E-state index in [1.54, 1.807) is 13.0 Å². The Labute approximate surface area is 87.4 Å². The summed E-state index contributed by atoms with van der Waals surface area (Å²) in [6.07, 6.45) is 0.568. The number of hydrogen-bond acceptors (Lipinski definition) is 4. The van der Waals surface area contributed by atoms with E-state index in [0.717, 1.165) is 6.08 Å². The first-order valence-corrected chi connectivity index (χ1v) is 4.39. The van der Waals surface area contributed by atoms with Crippen molar-refractivity contribution in [2.75, 3.05) is 0 Å². The van der Waals surface area contributed by atoms with Crippen LogP contribution in [0.15, 0.2) is 30.9 Å². The van der Waals surface area contributed by atoms with Crippen LogP contribution in [0.2, 0.25) is 0 Å². The number of esters is 1. The van der Waals surface area contributed by atoms with E-state index >= 15 is 0 Å². The Hall–Kier alpha value is -1.97. The predicted molar refractivity (Wildman–Crippen MR) is 54.5 cm³/mol. The highest BCUT2D eigenvalue weighted by Gasteiger charge is 2.11. The number of carbonyl (C=O) groups excluding carboxylic acids is 1. The van der Waals surface area contributed by atoms with E-state index in [2.05, 4.69) is 6.58 Å². The van der Waals surface area contributed by atoms with Gasteiger partial charge in [-0.05, 0) is 24.6 Å². The van der Waals surface area contributed by atoms with E-state index < -0.39 is 12.1 Å². The minimum atomic E-state index is -0.532. The summed E-state index contributed by atoms with van der Waals surface area (Å²) in [5.41, 5.74) is 0.598. The second-order valence-corrected chi connectivity index (χ2v) is 3.03. The van der Waals surface area contributed by atoms with Gasteiger partial charge in [-0.1, -0.05) is 12.6 Å². The number of rotatable bonds is 3. The van der Waals surface area contributed by atoms with Crippen LogP contribution in [0.3, 0.4) is 0 Å². The number of phenols is 2. The van der Waals surface area contributed by atoms with Crippen LogP contribution < -0.4 is 0 Å². The third-order valence-corrected chi connectivity index (χ3v) is 1.93. The van der Waals surface area contributed by atoms with Gasteiger partial charge in [-0.2, -0.15) is 0 Å². The normalized spacial score (nSPS) is 11.8. The molecule has 1 aromatic carbocycles. The topological polar surface area (TPSA) is 66.8 Å². The van der Waals surface area contributed by atoms with Crippen LogP contribution in [0.25, 0.3) is 0 Å². The van der Waals surface area contributed by atoms with Gasteiger partial charge in [0.05, 0.1) is 0 Å². The van der Waals surface area contributed by atoms with Crippen molar-refractivity contribution in [3.05, 3.63) is 36.4 Å². The molecule has 1 aromatic rings. The Morgan fingerprint density at radius 2 is 2.13 bits per heavy atom. The largest absolute Gasteiger partial charge is 0.504 e. The summed E-state index contributed by atoms with van der Waals surface area (Å²) in [7, 11) is 0. The fourth-order valence-corrected chi connectivity index (χ4v) is 1.08. The van der Waals surface area contributed by atoms with Gasteiger partial charge in [0.25, 0.3) is 0 Å². The van der Waals surface area contributed by atoms with Gasteiger partial charge in [-0.25, -0.2) is 4.79 Å². The van der Waals surface area contributed by atoms with Crippen molar-refractivity contribution >= 4 is 5.97 Å². The summed E-state index contributed by atoms with van der Waals surface area (Å²) in [6.45, 7) is 4.94. The fraction of sp³-hybridized carbons (Fsp3) is 0.182. The van der Waals surface area contributed by atoms with E-state index in [1.807, 2.05) is 0 Å². The molecule has 1 atom stereocenters. The van der Waals surface area contributed by atoms with Gasteiger partial charge in [0.15, 0.2) is 11.5 Å². The zero-order valence-corrected chi connectivity index (χ0v) is 8.30. The molecule has 0 saturated carbocycles. The summed E-state index contributed by atoms with van der Waals surface area (Å²) >= 11 is 0. The number of carbonyl (C=O) groups is 1. The molecule has 15 heavy (non-hydrogen) atoms. The minimum Gasteiger partial charge on any atom is -0.504 e. The molecule has 80 valence electrons. The van der Waals surface area contributed by atoms with Crippen LogP contribution in [-0.4, -0.2) is 16.2 Å². The SMILES string of the molecule is C=CC(=O)OC(C)c1ccc(O)c(O)c1. The van der Waals surface area contributed by atoms with E-state index in [4.69, 9.17) is 9.84 Å². The summed E-state index contributed by atoms with van der Waals surface area (Å²) in [5, 5.41) is 18.3. The van der Waals surface area contributed by atoms with Gasteiger partial charge >= 0.3 is 5.97 Å². The van der Waals surface area contributed by atoms with Crippen LogP contribution in [0.5, 0.6) is 11.5 Å². The molecule has 0 amide bonds. The Kier molecular flexibility index (Phi) is 3.33. The lowest BCUT2D eigenvalue weighted by Crippen LogP contribution is -2.05. The maximum Gasteiger partial charge on any atom is 0.330 e. The Morgan fingerprint density at radius 1 is 1.47 bits per heavy atom. The van der Waals surface area contributed by atoms with Crippen molar-refractivity contribution in [1.82, 2.24) is 0 Å². The molecule has 0 fully saturated rings. The van der Waals surface area contributed by atoms with E-state index in [-0.39, 0.29) is 11.5 Å². The van der Waals surface area contributed by atoms with Crippen LogP contribution in [0.4, 0.5) is 0 Å². The molecule has 4 heteroatoms. The predicted octanol–water partition coefficient (Wildman–Crippen LogP) is 1.89. The van der Waals surface area contributed by atoms with Gasteiger partial charge in [-0.3, -0.25) is 0 Å². The molecule has 0 bridgehead atoms. The fourth-order valence-electron chi connectivity index (χ4n) is 1.08. The molecular formula is C11H12O4. The quantitative estimate of drug-likeness (QED) is 0.452. The Balaban J connectivity index is 2.82. The molecule has 2 N–H and O–H groups in total. The van der Waals surface area contributed by atoms with Crippen molar-refractivity contribution < 1.29 is 19.7 Å². The van der Waals surface area contributed by atoms with Crippen molar-refractivity contribution in [3.63, 3.8) is 0 Å². The maximum absolute atomic E-state index is 10.9. The molecule has 0 aliphatic carbocycles. The summed E-state index contributed by atoms with van der Waals surface area (Å²) in [6, 6.07) is 4.25. The molecular weight excluding hydrogens is 196 g/mol. The highest BCUT2D eigenvalue weighted by Crippen LogP contribution is 2.28. The third-order valence-electron chi connectivity index (χ3n) is 1.93. The van der Waals surface area contributed by atoms with Crippen molar-refractivity contribution in [2.24, 2.45) is 0 Å². The zero-order valence-electron chi connectivity index (χ0n) is 8.30. The molecule has 0 aliphatic rings.